The minimum absolute atomic E-state index is 0.0175. The Bertz CT molecular complexity index is 2220. The van der Waals surface area contributed by atoms with Crippen molar-refractivity contribution in [3.05, 3.63) is 53.7 Å². The number of hydrogen-bond acceptors (Lipinski definition) is 4. The molecule has 0 N–H and O–H groups in total. The van der Waals surface area contributed by atoms with Crippen LogP contribution in [0.4, 0.5) is 0 Å². The van der Waals surface area contributed by atoms with Gasteiger partial charge in [0.15, 0.2) is 0 Å². The first-order chi connectivity index (χ1) is 37.5. The van der Waals surface area contributed by atoms with Gasteiger partial charge in [0.1, 0.15) is 0 Å². The zero-order chi connectivity index (χ0) is 53.3. The first-order valence-electron chi connectivity index (χ1n) is 32.6. The van der Waals surface area contributed by atoms with Crippen molar-refractivity contribution >= 4 is 97.2 Å². The molecular formula is C68H104I2N4Se2. The topological polar surface area (TPSA) is 51.6 Å². The molecule has 0 radical (unpaired) electrons. The standard InChI is InChI=1S/C68H104I2N4Se2/c1-5-9-13-17-21-25-29-33-37-41-45-67(46-42-38-34-30-26-22-18-14-10-6-2)55-49-54-56(50-53(55)61-57(67)51-59(69)63-65(61)73-75-71-63)68(47-43-39-35-31-27-23-19-15-11-7-3,48-44-40-36-32-28-24-20-16-12-8-4)58-52-60(70)64-66(62(54)58)74-76-72-64/h49-52H,5-48H2,1-4H3. The molecule has 0 saturated heterocycles. The minimum atomic E-state index is -0.0817. The van der Waals surface area contributed by atoms with Gasteiger partial charge in [0.25, 0.3) is 0 Å². The molecule has 0 amide bonds. The number of hydrogen-bond donors (Lipinski definition) is 0. The van der Waals surface area contributed by atoms with Crippen molar-refractivity contribution in [2.24, 2.45) is 0 Å². The van der Waals surface area contributed by atoms with Crippen LogP contribution in [0.1, 0.15) is 332 Å². The second-order valence-corrected chi connectivity index (χ2v) is 28.9. The summed E-state index contributed by atoms with van der Waals surface area (Å²) in [6.45, 7) is 9.34. The number of fused-ring (bicyclic) bond motifs is 10. The Hall–Kier alpha value is -0.641. The summed E-state index contributed by atoms with van der Waals surface area (Å²) in [4.78, 5) is 0. The fourth-order valence-electron chi connectivity index (χ4n) is 14.2. The third-order valence-electron chi connectivity index (χ3n) is 18.6. The molecule has 0 bridgehead atoms. The van der Waals surface area contributed by atoms with Crippen LogP contribution in [0.5, 0.6) is 0 Å². The van der Waals surface area contributed by atoms with Crippen molar-refractivity contribution in [2.45, 2.75) is 321 Å². The van der Waals surface area contributed by atoms with E-state index in [0.29, 0.717) is 0 Å². The van der Waals surface area contributed by atoms with E-state index in [1.54, 1.807) is 22.3 Å². The average Bonchev–Trinajstić information content (AvgIpc) is 4.38. The van der Waals surface area contributed by atoms with Crippen LogP contribution in [-0.4, -0.2) is 45.8 Å². The van der Waals surface area contributed by atoms with Crippen molar-refractivity contribution < 1.29 is 0 Å². The summed E-state index contributed by atoms with van der Waals surface area (Å²) in [5.41, 5.74) is 17.2. The molecule has 422 valence electrons. The Morgan fingerprint density at radius 3 is 0.763 bits per heavy atom. The second kappa shape index (κ2) is 34.7. The third kappa shape index (κ3) is 16.8. The number of nitrogens with zero attached hydrogens (tertiary/aromatic N) is 4. The van der Waals surface area contributed by atoms with Crippen molar-refractivity contribution in [3.8, 4) is 22.3 Å². The molecule has 5 aromatic rings. The van der Waals surface area contributed by atoms with E-state index in [1.165, 1.54) is 334 Å². The molecule has 0 saturated carbocycles. The first kappa shape index (κ1) is 62.9. The molecule has 0 unspecified atom stereocenters. The summed E-state index contributed by atoms with van der Waals surface area (Å²) >= 11 is 5.12. The summed E-state index contributed by atoms with van der Waals surface area (Å²) in [5, 5.41) is 0. The van der Waals surface area contributed by atoms with Crippen LogP contribution in [0, 0.1) is 7.14 Å². The van der Waals surface area contributed by atoms with Crippen LogP contribution in [0.15, 0.2) is 24.3 Å². The van der Waals surface area contributed by atoms with Crippen molar-refractivity contribution in [2.75, 3.05) is 0 Å². The predicted molar refractivity (Wildman–Crippen MR) is 350 cm³/mol. The van der Waals surface area contributed by atoms with E-state index in [2.05, 4.69) is 97.1 Å². The number of benzene rings is 3. The Kier molecular flexibility index (Phi) is 28.8. The van der Waals surface area contributed by atoms with E-state index in [4.69, 9.17) is 15.9 Å². The molecule has 2 aliphatic carbocycles. The Balaban J connectivity index is 1.25. The van der Waals surface area contributed by atoms with Crippen molar-refractivity contribution in [1.29, 1.82) is 0 Å². The fourth-order valence-corrected chi connectivity index (χ4v) is 18.7. The van der Waals surface area contributed by atoms with Gasteiger partial charge in [0.2, 0.25) is 0 Å². The van der Waals surface area contributed by atoms with Crippen LogP contribution in [-0.2, 0) is 10.8 Å². The van der Waals surface area contributed by atoms with Crippen LogP contribution < -0.4 is 0 Å². The van der Waals surface area contributed by atoms with Gasteiger partial charge in [-0.2, -0.15) is 0 Å². The molecular weight excluding hydrogens is 1280 g/mol. The molecule has 2 aliphatic rings. The molecule has 8 heteroatoms. The van der Waals surface area contributed by atoms with Crippen molar-refractivity contribution in [1.82, 2.24) is 15.9 Å². The summed E-state index contributed by atoms with van der Waals surface area (Å²) < 4.78 is 23.8. The van der Waals surface area contributed by atoms with Gasteiger partial charge in [-0.15, -0.1) is 0 Å². The SMILES string of the molecule is CCCCCCCCCCCCC1(CCCCCCCCCCCC)c2cc3c(cc2-c2c1cc(I)c1n[se]nc21)C(CCCCCCCCCCCC)(CCCCCCCCCCCC)c1cc(I)c2n[se]nc2c1-3. The zero-order valence-electron chi connectivity index (χ0n) is 48.8. The Morgan fingerprint density at radius 1 is 0.289 bits per heavy atom. The van der Waals surface area contributed by atoms with E-state index < -0.39 is 0 Å². The van der Waals surface area contributed by atoms with Gasteiger partial charge in [0.05, 0.1) is 0 Å². The Morgan fingerprint density at radius 2 is 0.513 bits per heavy atom. The summed E-state index contributed by atoms with van der Waals surface area (Å²) in [5.74, 6) is 0. The molecule has 76 heavy (non-hydrogen) atoms. The van der Waals surface area contributed by atoms with Crippen LogP contribution in [0.2, 0.25) is 0 Å². The molecule has 2 aromatic heterocycles. The van der Waals surface area contributed by atoms with Gasteiger partial charge in [-0.25, -0.2) is 0 Å². The van der Waals surface area contributed by atoms with Gasteiger partial charge in [-0.05, 0) is 0 Å². The molecule has 0 aliphatic heterocycles. The van der Waals surface area contributed by atoms with Crippen LogP contribution in [0.25, 0.3) is 44.3 Å². The quantitative estimate of drug-likeness (QED) is 0.0222. The van der Waals surface area contributed by atoms with E-state index >= 15 is 0 Å². The number of halogens is 2. The molecule has 4 nitrogen and oxygen atoms in total. The predicted octanol–water partition coefficient (Wildman–Crippen LogP) is 22.7. The molecule has 7 rings (SSSR count). The number of unbranched alkanes of at least 4 members (excludes halogenated alkanes) is 36. The second-order valence-electron chi connectivity index (χ2n) is 24.3. The van der Waals surface area contributed by atoms with E-state index in [9.17, 15) is 0 Å². The monoisotopic (exact) mass is 1390 g/mol. The summed E-state index contributed by atoms with van der Waals surface area (Å²) in [7, 11) is 0. The molecule has 2 heterocycles. The normalized spacial score (nSPS) is 14.1. The Labute approximate surface area is 505 Å². The number of rotatable bonds is 44. The maximum absolute atomic E-state index is 5.41. The van der Waals surface area contributed by atoms with E-state index in [0.717, 1.165) is 0 Å². The van der Waals surface area contributed by atoms with Gasteiger partial charge in [-0.3, -0.25) is 0 Å². The molecule has 0 fully saturated rings. The molecule has 3 aromatic carbocycles. The van der Waals surface area contributed by atoms with E-state index in [-0.39, 0.29) is 40.8 Å². The zero-order valence-corrected chi connectivity index (χ0v) is 56.5. The summed E-state index contributed by atoms with van der Waals surface area (Å²) in [6.07, 6.45) is 60.1. The molecule has 0 atom stereocenters. The maximum atomic E-state index is 5.41. The number of aromatic nitrogens is 4. The fraction of sp³-hybridized carbons (Fsp3) is 0.735. The van der Waals surface area contributed by atoms with Gasteiger partial charge < -0.3 is 0 Å². The van der Waals surface area contributed by atoms with Crippen LogP contribution >= 0.6 is 45.2 Å². The van der Waals surface area contributed by atoms with E-state index in [1.807, 2.05) is 0 Å². The van der Waals surface area contributed by atoms with Gasteiger partial charge in [0, 0.05) is 0 Å². The average molecular weight is 1390 g/mol. The van der Waals surface area contributed by atoms with Gasteiger partial charge >= 0.3 is 380 Å². The van der Waals surface area contributed by atoms with Crippen LogP contribution in [0.3, 0.4) is 0 Å². The van der Waals surface area contributed by atoms with Crippen molar-refractivity contribution in [3.63, 3.8) is 0 Å². The molecule has 0 spiro atoms. The first-order valence-corrected chi connectivity index (χ1v) is 37.8. The third-order valence-corrected chi connectivity index (χ3v) is 22.4. The summed E-state index contributed by atoms with van der Waals surface area (Å²) in [6, 6.07) is 10.9. The van der Waals surface area contributed by atoms with Gasteiger partial charge in [-0.1, -0.05) is 130 Å².